The Morgan fingerprint density at radius 2 is 0.618 bits per heavy atom. The predicted molar refractivity (Wildman–Crippen MR) is 232 cm³/mol. The zero-order valence-electron chi connectivity index (χ0n) is 29.6. The fraction of sp³-hybridized carbons (Fsp3) is 0. The van der Waals surface area contributed by atoms with E-state index in [2.05, 4.69) is 164 Å². The smallest absolute Gasteiger partial charge is 0.164 e. The van der Waals surface area contributed by atoms with Crippen molar-refractivity contribution in [1.82, 2.24) is 15.0 Å². The second kappa shape index (κ2) is 12.8. The van der Waals surface area contributed by atoms with Gasteiger partial charge in [0.15, 0.2) is 17.5 Å². The third-order valence-electron chi connectivity index (χ3n) is 10.7. The zero-order chi connectivity index (χ0) is 36.3. The van der Waals surface area contributed by atoms with Crippen LogP contribution in [0.15, 0.2) is 188 Å². The van der Waals surface area contributed by atoms with Gasteiger partial charge in [0.25, 0.3) is 0 Å². The summed E-state index contributed by atoms with van der Waals surface area (Å²) in [5, 5.41) is 9.91. The van der Waals surface area contributed by atoms with E-state index in [1.807, 2.05) is 35.6 Å². The maximum Gasteiger partial charge on any atom is 0.164 e. The van der Waals surface area contributed by atoms with Crippen LogP contribution in [0.3, 0.4) is 0 Å². The Bertz CT molecular complexity index is 3240. The van der Waals surface area contributed by atoms with Gasteiger partial charge < -0.3 is 0 Å². The fourth-order valence-electron chi connectivity index (χ4n) is 7.97. The quantitative estimate of drug-likeness (QED) is 0.166. The Morgan fingerprint density at radius 3 is 1.31 bits per heavy atom. The van der Waals surface area contributed by atoms with Gasteiger partial charge in [0.05, 0.1) is 0 Å². The molecule has 0 aliphatic heterocycles. The molecule has 0 saturated heterocycles. The molecule has 0 unspecified atom stereocenters. The lowest BCUT2D eigenvalue weighted by Gasteiger charge is -2.14. The van der Waals surface area contributed by atoms with Crippen LogP contribution in [0.2, 0.25) is 0 Å². The summed E-state index contributed by atoms with van der Waals surface area (Å²) in [5.74, 6) is 1.94. The van der Waals surface area contributed by atoms with Crippen LogP contribution in [0.4, 0.5) is 0 Å². The van der Waals surface area contributed by atoms with E-state index in [9.17, 15) is 0 Å². The van der Waals surface area contributed by atoms with Crippen molar-refractivity contribution < 1.29 is 0 Å². The van der Waals surface area contributed by atoms with Gasteiger partial charge in [-0.1, -0.05) is 158 Å². The summed E-state index contributed by atoms with van der Waals surface area (Å²) in [4.78, 5) is 15.2. The van der Waals surface area contributed by atoms with E-state index in [0.717, 1.165) is 22.3 Å². The highest BCUT2D eigenvalue weighted by Gasteiger charge is 2.16. The highest BCUT2D eigenvalue weighted by atomic mass is 32.1. The highest BCUT2D eigenvalue weighted by Crippen LogP contribution is 2.41. The van der Waals surface area contributed by atoms with Crippen LogP contribution in [0.25, 0.3) is 109 Å². The molecule has 0 radical (unpaired) electrons. The molecule has 256 valence electrons. The number of benzene rings is 9. The topological polar surface area (TPSA) is 38.7 Å². The van der Waals surface area contributed by atoms with Gasteiger partial charge in [-0.25, -0.2) is 15.0 Å². The predicted octanol–water partition coefficient (Wildman–Crippen LogP) is 14.0. The van der Waals surface area contributed by atoms with E-state index in [4.69, 9.17) is 15.0 Å². The highest BCUT2D eigenvalue weighted by molar-refractivity contribution is 7.25. The maximum absolute atomic E-state index is 5.13. The third-order valence-corrected chi connectivity index (χ3v) is 11.9. The molecular weight excluding hydrogens is 687 g/mol. The summed E-state index contributed by atoms with van der Waals surface area (Å²) < 4.78 is 2.64. The maximum atomic E-state index is 5.13. The first kappa shape index (κ1) is 31.5. The fourth-order valence-corrected chi connectivity index (χ4v) is 9.06. The van der Waals surface area contributed by atoms with Crippen molar-refractivity contribution in [2.24, 2.45) is 0 Å². The lowest BCUT2D eigenvalue weighted by atomic mass is 9.91. The number of hydrogen-bond donors (Lipinski definition) is 0. The summed E-state index contributed by atoms with van der Waals surface area (Å²) in [5.41, 5.74) is 7.60. The molecule has 0 aliphatic carbocycles. The molecule has 0 atom stereocenters. The molecule has 9 aromatic carbocycles. The lowest BCUT2D eigenvalue weighted by molar-refractivity contribution is 1.07. The van der Waals surface area contributed by atoms with E-state index >= 15 is 0 Å². The summed E-state index contributed by atoms with van der Waals surface area (Å²) in [6.07, 6.45) is 0. The van der Waals surface area contributed by atoms with Gasteiger partial charge in [-0.3, -0.25) is 0 Å². The molecule has 0 N–H and O–H groups in total. The molecule has 4 heteroatoms. The second-order valence-corrected chi connectivity index (χ2v) is 15.1. The largest absolute Gasteiger partial charge is 0.208 e. The molecule has 0 amide bonds. The van der Waals surface area contributed by atoms with Gasteiger partial charge in [-0.15, -0.1) is 11.3 Å². The molecule has 0 spiro atoms. The Kier molecular flexibility index (Phi) is 7.35. The first-order valence-electron chi connectivity index (χ1n) is 18.5. The minimum absolute atomic E-state index is 0.645. The van der Waals surface area contributed by atoms with Gasteiger partial charge in [-0.05, 0) is 84.9 Å². The van der Waals surface area contributed by atoms with E-state index in [0.29, 0.717) is 17.5 Å². The molecule has 2 aromatic heterocycles. The number of nitrogens with zero attached hydrogens (tertiary/aromatic N) is 3. The van der Waals surface area contributed by atoms with Crippen LogP contribution < -0.4 is 0 Å². The van der Waals surface area contributed by atoms with E-state index < -0.39 is 0 Å². The molecule has 11 rings (SSSR count). The van der Waals surface area contributed by atoms with Crippen molar-refractivity contribution in [2.75, 3.05) is 0 Å². The standard InChI is InChI=1S/C51H31N3S/c1-3-11-32(12-4-1)33-19-21-35(22-20-33)50-52-49(34-13-5-2-6-14-34)53-51(54-50)38-24-27-41-39-15-7-8-16-40(39)44-29-36(23-26-42(44)45(41)31-38)37-25-28-48-46(30-37)43-17-9-10-18-47(43)55-48/h1-31H. The van der Waals surface area contributed by atoms with Crippen molar-refractivity contribution in [2.45, 2.75) is 0 Å². The molecule has 55 heavy (non-hydrogen) atoms. The minimum Gasteiger partial charge on any atom is -0.208 e. The summed E-state index contributed by atoms with van der Waals surface area (Å²) in [7, 11) is 0. The Labute approximate surface area is 321 Å². The number of hydrogen-bond acceptors (Lipinski definition) is 4. The average Bonchev–Trinajstić information content (AvgIpc) is 3.65. The molecular formula is C51H31N3S. The minimum atomic E-state index is 0.645. The molecule has 2 heterocycles. The Morgan fingerprint density at radius 1 is 0.236 bits per heavy atom. The normalized spacial score (nSPS) is 11.6. The summed E-state index contributed by atoms with van der Waals surface area (Å²) in [6.45, 7) is 0. The summed E-state index contributed by atoms with van der Waals surface area (Å²) >= 11 is 1.86. The van der Waals surface area contributed by atoms with Gasteiger partial charge in [0.2, 0.25) is 0 Å². The van der Waals surface area contributed by atoms with Gasteiger partial charge in [0, 0.05) is 36.9 Å². The van der Waals surface area contributed by atoms with Gasteiger partial charge in [0.1, 0.15) is 0 Å². The number of fused-ring (bicyclic) bond motifs is 9. The molecule has 11 aromatic rings. The van der Waals surface area contributed by atoms with Crippen molar-refractivity contribution in [1.29, 1.82) is 0 Å². The van der Waals surface area contributed by atoms with Crippen LogP contribution >= 0.6 is 11.3 Å². The first-order chi connectivity index (χ1) is 27.2. The first-order valence-corrected chi connectivity index (χ1v) is 19.3. The number of thiophene rings is 1. The monoisotopic (exact) mass is 717 g/mol. The van der Waals surface area contributed by atoms with Gasteiger partial charge >= 0.3 is 0 Å². The van der Waals surface area contributed by atoms with Crippen LogP contribution in [-0.2, 0) is 0 Å². The third kappa shape index (κ3) is 5.46. The van der Waals surface area contributed by atoms with Crippen LogP contribution in [0, 0.1) is 0 Å². The van der Waals surface area contributed by atoms with Crippen molar-refractivity contribution >= 4 is 63.8 Å². The van der Waals surface area contributed by atoms with Crippen molar-refractivity contribution in [3.05, 3.63) is 188 Å². The number of aromatic nitrogens is 3. The number of rotatable bonds is 5. The second-order valence-electron chi connectivity index (χ2n) is 14.0. The van der Waals surface area contributed by atoms with E-state index in [1.54, 1.807) is 0 Å². The van der Waals surface area contributed by atoms with Crippen molar-refractivity contribution in [3.8, 4) is 56.4 Å². The molecule has 0 bridgehead atoms. The van der Waals surface area contributed by atoms with Gasteiger partial charge in [-0.2, -0.15) is 0 Å². The lowest BCUT2D eigenvalue weighted by Crippen LogP contribution is -2.00. The zero-order valence-corrected chi connectivity index (χ0v) is 30.5. The Hall–Kier alpha value is -7.01. The molecule has 0 saturated carbocycles. The summed E-state index contributed by atoms with van der Waals surface area (Å²) in [6, 6.07) is 67.0. The molecule has 3 nitrogen and oxygen atoms in total. The van der Waals surface area contributed by atoms with E-state index in [1.165, 1.54) is 69.2 Å². The average molecular weight is 718 g/mol. The van der Waals surface area contributed by atoms with Crippen molar-refractivity contribution in [3.63, 3.8) is 0 Å². The van der Waals surface area contributed by atoms with Crippen LogP contribution in [0.5, 0.6) is 0 Å². The SMILES string of the molecule is c1ccc(-c2ccc(-c3nc(-c4ccccc4)nc(-c4ccc5c6ccccc6c6cc(-c7ccc8sc9ccccc9c8c7)ccc6c5c4)n3)cc2)cc1. The molecule has 0 fully saturated rings. The Balaban J connectivity index is 1.07. The van der Waals surface area contributed by atoms with Crippen LogP contribution in [-0.4, -0.2) is 15.0 Å². The molecule has 0 aliphatic rings. The van der Waals surface area contributed by atoms with Crippen LogP contribution in [0.1, 0.15) is 0 Å². The van der Waals surface area contributed by atoms with E-state index in [-0.39, 0.29) is 0 Å².